The first-order valence-corrected chi connectivity index (χ1v) is 12.5. The predicted octanol–water partition coefficient (Wildman–Crippen LogP) is 2.97. The fourth-order valence-corrected chi connectivity index (χ4v) is 5.02. The molecular weight excluding hydrogens is 531 g/mol. The molecule has 196 valence electrons. The summed E-state index contributed by atoms with van der Waals surface area (Å²) in [5, 5.41) is 8.04. The zero-order chi connectivity index (χ0) is 26.5. The van der Waals surface area contributed by atoms with E-state index in [2.05, 4.69) is 16.0 Å². The summed E-state index contributed by atoms with van der Waals surface area (Å²) >= 11 is 6.98. The molecule has 8 nitrogen and oxygen atoms in total. The number of alkyl halides is 2. The normalized spacial score (nSPS) is 17.8. The molecule has 1 aromatic carbocycles. The van der Waals surface area contributed by atoms with E-state index in [4.69, 9.17) is 11.6 Å². The van der Waals surface area contributed by atoms with E-state index >= 15 is 0 Å². The number of rotatable bonds is 9. The lowest BCUT2D eigenvalue weighted by Crippen LogP contribution is -2.50. The van der Waals surface area contributed by atoms with Gasteiger partial charge in [0.05, 0.1) is 39.7 Å². The van der Waals surface area contributed by atoms with Crippen LogP contribution in [-0.4, -0.2) is 66.0 Å². The van der Waals surface area contributed by atoms with Crippen LogP contribution in [0.2, 0.25) is 4.34 Å². The van der Waals surface area contributed by atoms with Crippen molar-refractivity contribution in [3.8, 4) is 5.69 Å². The number of carbonyl (C=O) groups excluding carboxylic acids is 2. The Kier molecular flexibility index (Phi) is 8.64. The van der Waals surface area contributed by atoms with Gasteiger partial charge in [-0.15, -0.1) is 11.3 Å². The van der Waals surface area contributed by atoms with Gasteiger partial charge in [0.15, 0.2) is 0 Å². The van der Waals surface area contributed by atoms with Crippen molar-refractivity contribution in [2.45, 2.75) is 18.5 Å². The van der Waals surface area contributed by atoms with Crippen molar-refractivity contribution in [3.05, 3.63) is 80.1 Å². The van der Waals surface area contributed by atoms with Crippen LogP contribution in [0, 0.1) is 5.82 Å². The van der Waals surface area contributed by atoms with E-state index in [0.29, 0.717) is 14.9 Å². The number of hydrogen-bond donors (Lipinski definition) is 3. The minimum absolute atomic E-state index is 0.0660. The van der Waals surface area contributed by atoms with E-state index in [1.165, 1.54) is 29.0 Å². The molecule has 0 bridgehead atoms. The molecule has 3 heterocycles. The molecule has 0 aliphatic carbocycles. The molecule has 4 rings (SSSR count). The Morgan fingerprint density at radius 3 is 2.57 bits per heavy atom. The molecule has 2 amide bonds. The number of nitrogens with one attached hydrogen (secondary N) is 3. The monoisotopic (exact) mass is 553 g/mol. The number of nitrogens with zero attached hydrogens (tertiary/aromatic N) is 2. The van der Waals surface area contributed by atoms with Crippen LogP contribution in [0.1, 0.15) is 9.67 Å². The van der Waals surface area contributed by atoms with E-state index in [-0.39, 0.29) is 30.9 Å². The number of pyridine rings is 1. The summed E-state index contributed by atoms with van der Waals surface area (Å²) in [7, 11) is 0. The van der Waals surface area contributed by atoms with Crippen molar-refractivity contribution < 1.29 is 22.8 Å². The van der Waals surface area contributed by atoms with Crippen LogP contribution in [-0.2, 0) is 4.79 Å². The van der Waals surface area contributed by atoms with Gasteiger partial charge in [0.2, 0.25) is 5.91 Å². The number of thiophene rings is 1. The number of halogens is 4. The molecule has 3 N–H and O–H groups in total. The molecule has 2 aromatic heterocycles. The molecule has 0 radical (unpaired) electrons. The van der Waals surface area contributed by atoms with Gasteiger partial charge < -0.3 is 16.0 Å². The lowest BCUT2D eigenvalue weighted by Gasteiger charge is -2.20. The first-order valence-electron chi connectivity index (χ1n) is 11.3. The molecule has 1 saturated heterocycles. The molecule has 0 saturated carbocycles. The first-order chi connectivity index (χ1) is 17.7. The number of hydrogen-bond acceptors (Lipinski definition) is 6. The highest BCUT2D eigenvalue weighted by molar-refractivity contribution is 7.18. The quantitative estimate of drug-likeness (QED) is 0.379. The molecule has 0 spiro atoms. The summed E-state index contributed by atoms with van der Waals surface area (Å²) in [5.74, 6) is -1.64. The highest BCUT2D eigenvalue weighted by Crippen LogP contribution is 2.22. The zero-order valence-electron chi connectivity index (χ0n) is 19.3. The van der Waals surface area contributed by atoms with E-state index in [1.54, 1.807) is 29.2 Å². The van der Waals surface area contributed by atoms with Gasteiger partial charge in [-0.3, -0.25) is 23.9 Å². The number of benzene rings is 1. The topological polar surface area (TPSA) is 95.5 Å². The Bertz CT molecular complexity index is 1330. The van der Waals surface area contributed by atoms with Crippen molar-refractivity contribution >= 4 is 40.4 Å². The Morgan fingerprint density at radius 2 is 1.89 bits per heavy atom. The summed E-state index contributed by atoms with van der Waals surface area (Å²) < 4.78 is 42.0. The van der Waals surface area contributed by atoms with E-state index in [0.717, 1.165) is 17.4 Å². The third-order valence-electron chi connectivity index (χ3n) is 5.74. The average Bonchev–Trinajstić information content (AvgIpc) is 3.45. The molecular formula is C24H23ClF3N5O3S. The van der Waals surface area contributed by atoms with Gasteiger partial charge in [-0.2, -0.15) is 0 Å². The number of carbonyl (C=O) groups is 2. The van der Waals surface area contributed by atoms with Crippen molar-refractivity contribution in [2.24, 2.45) is 0 Å². The van der Waals surface area contributed by atoms with Crippen LogP contribution in [0.3, 0.4) is 0 Å². The van der Waals surface area contributed by atoms with Crippen LogP contribution in [0.4, 0.5) is 18.9 Å². The third kappa shape index (κ3) is 6.98. The Balaban J connectivity index is 1.39. The second kappa shape index (κ2) is 11.9. The average molecular weight is 554 g/mol. The van der Waals surface area contributed by atoms with Gasteiger partial charge in [-0.1, -0.05) is 17.7 Å². The fourth-order valence-electron chi connectivity index (χ4n) is 4.07. The van der Waals surface area contributed by atoms with Gasteiger partial charge in [0, 0.05) is 37.5 Å². The highest BCUT2D eigenvalue weighted by Gasteiger charge is 2.35. The van der Waals surface area contributed by atoms with E-state index < -0.39 is 42.7 Å². The van der Waals surface area contributed by atoms with Crippen molar-refractivity contribution in [2.75, 3.05) is 31.5 Å². The molecule has 1 fully saturated rings. The SMILES string of the molecule is O=C(CN1CC(NCC(F)F)[C@@H](NC(=O)c2ccc(Cl)s2)C1)Nc1ccc(-n2ccccc2=O)cc1F. The van der Waals surface area contributed by atoms with Gasteiger partial charge >= 0.3 is 0 Å². The maximum Gasteiger partial charge on any atom is 0.261 e. The van der Waals surface area contributed by atoms with Gasteiger partial charge in [0.1, 0.15) is 5.82 Å². The summed E-state index contributed by atoms with van der Waals surface area (Å²) in [6, 6.07) is 10.6. The predicted molar refractivity (Wildman–Crippen MR) is 135 cm³/mol. The van der Waals surface area contributed by atoms with Crippen molar-refractivity contribution in [1.29, 1.82) is 0 Å². The van der Waals surface area contributed by atoms with Crippen LogP contribution in [0.25, 0.3) is 5.69 Å². The maximum atomic E-state index is 14.7. The van der Waals surface area contributed by atoms with Gasteiger partial charge in [-0.25, -0.2) is 13.2 Å². The Labute approximate surface area is 219 Å². The molecule has 3 aromatic rings. The minimum atomic E-state index is -2.58. The summed E-state index contributed by atoms with van der Waals surface area (Å²) in [4.78, 5) is 39.2. The zero-order valence-corrected chi connectivity index (χ0v) is 20.9. The number of anilines is 1. The molecule has 1 aliphatic rings. The van der Waals surface area contributed by atoms with Gasteiger partial charge in [0.25, 0.3) is 17.9 Å². The number of aromatic nitrogens is 1. The second-order valence-electron chi connectivity index (χ2n) is 8.40. The highest BCUT2D eigenvalue weighted by atomic mass is 35.5. The molecule has 1 unspecified atom stereocenters. The molecule has 37 heavy (non-hydrogen) atoms. The molecule has 2 atom stereocenters. The van der Waals surface area contributed by atoms with Crippen LogP contribution >= 0.6 is 22.9 Å². The summed E-state index contributed by atoms with van der Waals surface area (Å²) in [6.45, 7) is -0.278. The van der Waals surface area contributed by atoms with Crippen LogP contribution < -0.4 is 21.5 Å². The summed E-state index contributed by atoms with van der Waals surface area (Å²) in [6.07, 6.45) is -1.08. The van der Waals surface area contributed by atoms with Crippen molar-refractivity contribution in [3.63, 3.8) is 0 Å². The smallest absolute Gasteiger partial charge is 0.261 e. The van der Waals surface area contributed by atoms with E-state index in [9.17, 15) is 27.6 Å². The Hall–Kier alpha value is -3.19. The Morgan fingerprint density at radius 1 is 1.11 bits per heavy atom. The molecule has 1 aliphatic heterocycles. The van der Waals surface area contributed by atoms with Gasteiger partial charge in [-0.05, 0) is 30.3 Å². The fraction of sp³-hybridized carbons (Fsp3) is 0.292. The number of likely N-dealkylation sites (tertiary alicyclic amines) is 1. The van der Waals surface area contributed by atoms with E-state index in [1.807, 2.05) is 0 Å². The lowest BCUT2D eigenvalue weighted by atomic mass is 10.1. The van der Waals surface area contributed by atoms with Crippen LogP contribution in [0.15, 0.2) is 59.5 Å². The summed E-state index contributed by atoms with van der Waals surface area (Å²) in [5.41, 5.74) is -0.0884. The maximum absolute atomic E-state index is 14.7. The molecule has 13 heteroatoms. The van der Waals surface area contributed by atoms with Crippen molar-refractivity contribution in [1.82, 2.24) is 20.1 Å². The largest absolute Gasteiger partial charge is 0.346 e. The number of amides is 2. The van der Waals surface area contributed by atoms with Crippen LogP contribution in [0.5, 0.6) is 0 Å². The lowest BCUT2D eigenvalue weighted by molar-refractivity contribution is -0.117. The minimum Gasteiger partial charge on any atom is -0.346 e. The second-order valence-corrected chi connectivity index (χ2v) is 10.1. The first kappa shape index (κ1) is 26.9. The third-order valence-corrected chi connectivity index (χ3v) is 6.97. The standard InChI is InChI=1S/C24H23ClF3N5O3S/c25-20-7-6-19(37-20)24(36)31-18-12-32(11-17(18)29-10-21(27)28)13-22(34)30-16-5-4-14(9-15(16)26)33-8-2-1-3-23(33)35/h1-9,17-18,21,29H,10-13H2,(H,30,34)(H,31,36)/t17?,18-/m0/s1.